The van der Waals surface area contributed by atoms with Gasteiger partial charge in [0.05, 0.1) is 20.8 Å². The van der Waals surface area contributed by atoms with Crippen LogP contribution < -0.4 is 0 Å². The van der Waals surface area contributed by atoms with Crippen LogP contribution in [-0.2, 0) is 0 Å². The fourth-order valence-electron chi connectivity index (χ4n) is 3.35. The quantitative estimate of drug-likeness (QED) is 0.442. The predicted molar refractivity (Wildman–Crippen MR) is 103 cm³/mol. The lowest BCUT2D eigenvalue weighted by Crippen LogP contribution is -2.62. The Morgan fingerprint density at radius 3 is 2.40 bits per heavy atom. The van der Waals surface area contributed by atoms with Crippen LogP contribution in [0.2, 0.25) is 11.0 Å². The molecular weight excluding hydrogens is 228 g/mol. The van der Waals surface area contributed by atoms with E-state index < -0.39 is 0 Å². The van der Waals surface area contributed by atoms with Crippen molar-refractivity contribution >= 4 is 70.3 Å². The molecule has 85 valence electrons. The van der Waals surface area contributed by atoms with Crippen LogP contribution in [0.25, 0.3) is 0 Å². The van der Waals surface area contributed by atoms with Crippen LogP contribution in [0.4, 0.5) is 0 Å². The van der Waals surface area contributed by atoms with Crippen molar-refractivity contribution in [3.8, 4) is 0 Å². The Labute approximate surface area is 132 Å². The van der Waals surface area contributed by atoms with Crippen LogP contribution in [0.1, 0.15) is 25.7 Å². The Balaban J connectivity index is 2.03. The first-order valence-electron chi connectivity index (χ1n) is 7.59. The zero-order chi connectivity index (χ0) is 14.3. The minimum Gasteiger partial charge on any atom is -0.104 e. The second-order valence-corrected chi connectivity index (χ2v) is 5.67. The molecule has 9 radical (unpaired) electrons. The van der Waals surface area contributed by atoms with Crippen molar-refractivity contribution in [2.45, 2.75) is 36.7 Å². The van der Waals surface area contributed by atoms with Gasteiger partial charge in [0.15, 0.2) is 0 Å². The Hall–Kier alpha value is 0.129. The van der Waals surface area contributed by atoms with E-state index in [-0.39, 0.29) is 5.21 Å². The van der Waals surface area contributed by atoms with Crippen molar-refractivity contribution in [1.82, 2.24) is 0 Å². The molecular formula is C10H15B10. The Bertz CT molecular complexity index is 319. The monoisotopic (exact) mass is 245 g/mol. The zero-order valence-electron chi connectivity index (χ0n) is 12.2. The summed E-state index contributed by atoms with van der Waals surface area (Å²) in [5.41, 5.74) is 0. The molecule has 3 saturated heterocycles. The van der Waals surface area contributed by atoms with Crippen molar-refractivity contribution in [3.63, 3.8) is 0 Å². The third-order valence-corrected chi connectivity index (χ3v) is 4.42. The molecule has 3 rings (SSSR count). The molecule has 2 bridgehead atoms. The summed E-state index contributed by atoms with van der Waals surface area (Å²) in [5, 5.41) is 0.237. The molecule has 3 heterocycles. The van der Waals surface area contributed by atoms with E-state index >= 15 is 0 Å². The van der Waals surface area contributed by atoms with Gasteiger partial charge < -0.3 is 0 Å². The van der Waals surface area contributed by atoms with Crippen molar-refractivity contribution < 1.29 is 0 Å². The summed E-state index contributed by atoms with van der Waals surface area (Å²) in [6, 6.07) is 0. The minimum absolute atomic E-state index is 0.237. The maximum Gasteiger partial charge on any atom is 0.0611 e. The van der Waals surface area contributed by atoms with Gasteiger partial charge in [-0.15, -0.1) is 18.4 Å². The first-order chi connectivity index (χ1) is 9.82. The number of hydrogen-bond donors (Lipinski definition) is 0. The molecule has 0 unspecified atom stereocenters. The Kier molecular flexibility index (Phi) is 7.05. The standard InChI is InChI=1S/C10H15B10/c1-3-5-7-9-10(8-6-4-2)11-13-14-15-16-17-18-19-20(9)12-10/h3-4,9H,1-2,5-8H2/t9-,10-/m1/s1. The number of hydrogen-bond acceptors (Lipinski definition) is 0. The highest BCUT2D eigenvalue weighted by molar-refractivity contribution is 7.73. The van der Waals surface area contributed by atoms with Crippen LogP contribution in [0.5, 0.6) is 0 Å². The highest BCUT2D eigenvalue weighted by Gasteiger charge is 2.51. The molecule has 0 N–H and O–H groups in total. The average Bonchev–Trinajstić information content (AvgIpc) is 2.51. The van der Waals surface area contributed by atoms with Crippen LogP contribution in [-0.4, -0.2) is 70.3 Å². The predicted octanol–water partition coefficient (Wildman–Crippen LogP) is -0.337. The molecule has 10 heteroatoms. The van der Waals surface area contributed by atoms with E-state index in [9.17, 15) is 0 Å². The molecule has 0 amide bonds. The van der Waals surface area contributed by atoms with Crippen molar-refractivity contribution in [3.05, 3.63) is 25.3 Å². The zero-order valence-corrected chi connectivity index (χ0v) is 12.2. The highest BCUT2D eigenvalue weighted by Crippen LogP contribution is 2.55. The normalized spacial score (nSPS) is 27.4. The van der Waals surface area contributed by atoms with Gasteiger partial charge in [-0.1, -0.05) is 30.8 Å². The molecule has 3 aliphatic heterocycles. The second-order valence-electron chi connectivity index (χ2n) is 5.67. The molecule has 2 atom stereocenters. The summed E-state index contributed by atoms with van der Waals surface area (Å²) in [6.45, 7) is 8.34. The second kappa shape index (κ2) is 8.54. The third kappa shape index (κ3) is 4.08. The molecule has 3 fully saturated rings. The van der Waals surface area contributed by atoms with Gasteiger partial charge in [0.2, 0.25) is 0 Å². The number of rotatable bonds is 6. The largest absolute Gasteiger partial charge is 0.104 e. The first-order valence-corrected chi connectivity index (χ1v) is 7.59. The van der Waals surface area contributed by atoms with Gasteiger partial charge in [0.1, 0.15) is 0 Å². The van der Waals surface area contributed by atoms with E-state index in [4.69, 9.17) is 0 Å². The van der Waals surface area contributed by atoms with Gasteiger partial charge in [-0.2, -0.15) is 0 Å². The van der Waals surface area contributed by atoms with Crippen molar-refractivity contribution in [2.75, 3.05) is 0 Å². The van der Waals surface area contributed by atoms with Crippen LogP contribution in [0.15, 0.2) is 25.3 Å². The van der Waals surface area contributed by atoms with Crippen LogP contribution in [0.3, 0.4) is 0 Å². The fourth-order valence-corrected chi connectivity index (χ4v) is 3.35. The lowest BCUT2D eigenvalue weighted by atomic mass is 8.75. The van der Waals surface area contributed by atoms with Crippen molar-refractivity contribution in [1.29, 1.82) is 0 Å². The summed E-state index contributed by atoms with van der Waals surface area (Å²) >= 11 is 0. The molecule has 0 aromatic rings. The third-order valence-electron chi connectivity index (χ3n) is 4.42. The molecule has 0 nitrogen and oxygen atoms in total. The molecule has 0 spiro atoms. The molecule has 0 aliphatic carbocycles. The fraction of sp³-hybridized carbons (Fsp3) is 0.600. The smallest absolute Gasteiger partial charge is 0.0611 e. The van der Waals surface area contributed by atoms with Gasteiger partial charge >= 0.3 is 0 Å². The van der Waals surface area contributed by atoms with E-state index in [0.717, 1.165) is 12.8 Å². The summed E-state index contributed by atoms with van der Waals surface area (Å²) in [5.74, 6) is 0.688. The maximum absolute atomic E-state index is 3.88. The Morgan fingerprint density at radius 1 is 0.950 bits per heavy atom. The van der Waals surface area contributed by atoms with Crippen LogP contribution >= 0.6 is 0 Å². The summed E-state index contributed by atoms with van der Waals surface area (Å²) in [4.78, 5) is 0. The lowest BCUT2D eigenvalue weighted by molar-refractivity contribution is 0.572. The van der Waals surface area contributed by atoms with E-state index in [1.807, 2.05) is 12.2 Å². The summed E-state index contributed by atoms with van der Waals surface area (Å²) in [7, 11) is 20.0. The van der Waals surface area contributed by atoms with Gasteiger partial charge in [0, 0.05) is 49.4 Å². The first kappa shape index (κ1) is 16.5. The van der Waals surface area contributed by atoms with Gasteiger partial charge in [-0.05, 0) is 12.8 Å². The minimum atomic E-state index is 0.237. The summed E-state index contributed by atoms with van der Waals surface area (Å²) in [6.07, 6.45) is 8.62. The van der Waals surface area contributed by atoms with Crippen LogP contribution in [0, 0.1) is 0 Å². The summed E-state index contributed by atoms with van der Waals surface area (Å²) < 4.78 is 0. The molecule has 3 aliphatic rings. The van der Waals surface area contributed by atoms with E-state index in [0.29, 0.717) is 12.3 Å². The average molecular weight is 243 g/mol. The number of fused-ring (bicyclic) bond motifs is 7. The topological polar surface area (TPSA) is 0 Å². The molecule has 20 heavy (non-hydrogen) atoms. The maximum atomic E-state index is 3.88. The van der Waals surface area contributed by atoms with Crippen molar-refractivity contribution in [2.24, 2.45) is 0 Å². The SMILES string of the molecule is C=CCC[C@H]1B2[B][B][B][B][B][B][B][B][C@]1(CCC=C)[B]2. The molecule has 0 aromatic carbocycles. The Morgan fingerprint density at radius 2 is 1.65 bits per heavy atom. The van der Waals surface area contributed by atoms with Gasteiger partial charge in [-0.25, -0.2) is 0 Å². The van der Waals surface area contributed by atoms with E-state index in [1.165, 1.54) is 12.8 Å². The van der Waals surface area contributed by atoms with Gasteiger partial charge in [0.25, 0.3) is 0 Å². The number of allylic oxidation sites excluding steroid dienone is 2. The molecule has 0 aromatic heterocycles. The lowest BCUT2D eigenvalue weighted by Gasteiger charge is -2.56. The van der Waals surface area contributed by atoms with E-state index in [2.05, 4.69) is 76.9 Å². The molecule has 0 saturated carbocycles. The van der Waals surface area contributed by atoms with Gasteiger partial charge in [-0.3, -0.25) is 0 Å². The highest BCUT2D eigenvalue weighted by atomic mass is 14.2. The van der Waals surface area contributed by atoms with E-state index in [1.54, 1.807) is 0 Å².